The highest BCUT2D eigenvalue weighted by atomic mass is 32.2. The van der Waals surface area contributed by atoms with Crippen molar-refractivity contribution < 1.29 is 8.42 Å². The summed E-state index contributed by atoms with van der Waals surface area (Å²) in [5.41, 5.74) is 1.87. The van der Waals surface area contributed by atoms with Crippen molar-refractivity contribution in [3.63, 3.8) is 0 Å². The van der Waals surface area contributed by atoms with Gasteiger partial charge in [0.25, 0.3) is 5.56 Å². The predicted octanol–water partition coefficient (Wildman–Crippen LogP) is 1.17. The molecule has 0 aliphatic rings. The maximum Gasteiger partial charge on any atom is 0.258 e. The highest BCUT2D eigenvalue weighted by molar-refractivity contribution is 7.90. The van der Waals surface area contributed by atoms with Crippen LogP contribution in [0.5, 0.6) is 0 Å². The first-order valence-electron chi connectivity index (χ1n) is 7.50. The molecular weight excluding hydrogens is 356 g/mol. The lowest BCUT2D eigenvalue weighted by Gasteiger charge is -2.11. The van der Waals surface area contributed by atoms with Gasteiger partial charge in [0.05, 0.1) is 22.1 Å². The van der Waals surface area contributed by atoms with Gasteiger partial charge in [-0.3, -0.25) is 4.79 Å². The minimum absolute atomic E-state index is 0.0929. The normalized spacial score (nSPS) is 11.7. The lowest BCUT2D eigenvalue weighted by molar-refractivity contribution is 0.602. The third kappa shape index (κ3) is 2.65. The molecule has 9 nitrogen and oxygen atoms in total. The van der Waals surface area contributed by atoms with Crippen molar-refractivity contribution >= 4 is 20.7 Å². The molecule has 10 heteroatoms. The molecule has 0 saturated carbocycles. The minimum Gasteiger partial charge on any atom is -0.313 e. The van der Waals surface area contributed by atoms with Crippen molar-refractivity contribution in [2.75, 3.05) is 6.26 Å². The van der Waals surface area contributed by atoms with E-state index in [-0.39, 0.29) is 16.3 Å². The molecule has 4 aromatic rings. The second kappa shape index (κ2) is 5.85. The molecule has 4 rings (SSSR count). The zero-order valence-electron chi connectivity index (χ0n) is 13.5. The number of hydrogen-bond donors (Lipinski definition) is 2. The number of nitrogens with zero attached hydrogens (tertiary/aromatic N) is 4. The van der Waals surface area contributed by atoms with E-state index in [1.165, 1.54) is 12.4 Å². The van der Waals surface area contributed by atoms with E-state index in [4.69, 9.17) is 0 Å². The number of H-pyrrole nitrogens is 2. The summed E-state index contributed by atoms with van der Waals surface area (Å²) in [4.78, 5) is 18.6. The zero-order chi connectivity index (χ0) is 18.3. The fraction of sp³-hybridized carbons (Fsp3) is 0.0625. The summed E-state index contributed by atoms with van der Waals surface area (Å²) >= 11 is 0. The van der Waals surface area contributed by atoms with Crippen LogP contribution < -0.4 is 5.56 Å². The maximum absolute atomic E-state index is 12.2. The summed E-state index contributed by atoms with van der Waals surface area (Å²) in [6.45, 7) is 0. The summed E-state index contributed by atoms with van der Waals surface area (Å²) in [5, 5.41) is 14.2. The predicted molar refractivity (Wildman–Crippen MR) is 94.1 cm³/mol. The van der Waals surface area contributed by atoms with Gasteiger partial charge < -0.3 is 4.98 Å². The molecule has 0 amide bonds. The van der Waals surface area contributed by atoms with Gasteiger partial charge in [0.15, 0.2) is 9.84 Å². The molecule has 0 aliphatic carbocycles. The molecular formula is C16H12N6O3S. The highest BCUT2D eigenvalue weighted by Gasteiger charge is 2.22. The van der Waals surface area contributed by atoms with Gasteiger partial charge in [-0.25, -0.2) is 13.4 Å². The molecule has 0 saturated heterocycles. The molecule has 130 valence electrons. The zero-order valence-corrected chi connectivity index (χ0v) is 14.3. The largest absolute Gasteiger partial charge is 0.313 e. The average Bonchev–Trinajstić information content (AvgIpc) is 3.14. The van der Waals surface area contributed by atoms with E-state index < -0.39 is 9.84 Å². The number of nitrogens with one attached hydrogen (secondary N) is 2. The third-order valence-corrected chi connectivity index (χ3v) is 5.09. The van der Waals surface area contributed by atoms with E-state index in [0.717, 1.165) is 6.26 Å². The quantitative estimate of drug-likeness (QED) is 0.554. The first kappa shape index (κ1) is 16.1. The molecule has 2 heterocycles. The highest BCUT2D eigenvalue weighted by Crippen LogP contribution is 2.35. The Morgan fingerprint density at radius 2 is 1.96 bits per heavy atom. The number of tetrazole rings is 1. The second-order valence-corrected chi connectivity index (χ2v) is 7.63. The fourth-order valence-electron chi connectivity index (χ4n) is 2.82. The Bertz CT molecular complexity index is 1280. The van der Waals surface area contributed by atoms with Crippen LogP contribution in [-0.4, -0.2) is 45.3 Å². The van der Waals surface area contributed by atoms with Crippen LogP contribution >= 0.6 is 0 Å². The molecule has 0 aliphatic heterocycles. The summed E-state index contributed by atoms with van der Waals surface area (Å²) < 4.78 is 24.5. The maximum atomic E-state index is 12.2. The van der Waals surface area contributed by atoms with Gasteiger partial charge in [-0.1, -0.05) is 18.2 Å². The van der Waals surface area contributed by atoms with E-state index >= 15 is 0 Å². The number of hydrogen-bond acceptors (Lipinski definition) is 7. The Kier molecular flexibility index (Phi) is 3.62. The first-order chi connectivity index (χ1) is 12.4. The summed E-state index contributed by atoms with van der Waals surface area (Å²) in [6, 6.07) is 9.98. The average molecular weight is 368 g/mol. The molecule has 0 bridgehead atoms. The second-order valence-electron chi connectivity index (χ2n) is 5.65. The van der Waals surface area contributed by atoms with E-state index in [0.29, 0.717) is 27.6 Å². The molecule has 2 N–H and O–H groups in total. The monoisotopic (exact) mass is 368 g/mol. The number of sulfone groups is 1. The summed E-state index contributed by atoms with van der Waals surface area (Å²) in [5.74, 6) is 0.167. The lowest BCUT2D eigenvalue weighted by Crippen LogP contribution is -2.06. The number of fused-ring (bicyclic) bond motifs is 1. The van der Waals surface area contributed by atoms with Gasteiger partial charge in [-0.05, 0) is 34.5 Å². The molecule has 26 heavy (non-hydrogen) atoms. The van der Waals surface area contributed by atoms with Crippen LogP contribution in [0, 0.1) is 0 Å². The van der Waals surface area contributed by atoms with E-state index in [9.17, 15) is 13.2 Å². The number of benzene rings is 2. The summed E-state index contributed by atoms with van der Waals surface area (Å²) in [6.07, 6.45) is 2.44. The van der Waals surface area contributed by atoms with Gasteiger partial charge in [0.2, 0.25) is 5.82 Å². The Balaban J connectivity index is 2.05. The molecule has 2 aromatic heterocycles. The molecule has 0 spiro atoms. The van der Waals surface area contributed by atoms with Crippen LogP contribution in [0.1, 0.15) is 0 Å². The smallest absolute Gasteiger partial charge is 0.258 e. The van der Waals surface area contributed by atoms with E-state index in [1.54, 1.807) is 30.3 Å². The van der Waals surface area contributed by atoms with E-state index in [1.807, 2.05) is 0 Å². The van der Waals surface area contributed by atoms with E-state index in [2.05, 4.69) is 30.6 Å². The molecule has 0 atom stereocenters. The van der Waals surface area contributed by atoms with Crippen LogP contribution in [-0.2, 0) is 9.84 Å². The Hall–Kier alpha value is -3.40. The van der Waals surface area contributed by atoms with Crippen molar-refractivity contribution in [2.24, 2.45) is 0 Å². The Morgan fingerprint density at radius 1 is 1.12 bits per heavy atom. The molecule has 0 unspecified atom stereocenters. The number of aromatic amines is 2. The van der Waals surface area contributed by atoms with Gasteiger partial charge >= 0.3 is 0 Å². The van der Waals surface area contributed by atoms with Crippen LogP contribution in [0.25, 0.3) is 33.4 Å². The topological polar surface area (TPSA) is 134 Å². The lowest BCUT2D eigenvalue weighted by atomic mass is 9.98. The fourth-order valence-corrected chi connectivity index (χ4v) is 3.71. The van der Waals surface area contributed by atoms with Crippen molar-refractivity contribution in [3.05, 3.63) is 53.1 Å². The van der Waals surface area contributed by atoms with Crippen molar-refractivity contribution in [2.45, 2.75) is 4.90 Å². The van der Waals surface area contributed by atoms with Crippen molar-refractivity contribution in [3.8, 4) is 22.5 Å². The Labute approximate surface area is 147 Å². The van der Waals surface area contributed by atoms with Crippen LogP contribution in [0.2, 0.25) is 0 Å². The van der Waals surface area contributed by atoms with Gasteiger partial charge in [0, 0.05) is 11.8 Å². The Morgan fingerprint density at radius 3 is 2.69 bits per heavy atom. The summed E-state index contributed by atoms with van der Waals surface area (Å²) in [7, 11) is -3.53. The van der Waals surface area contributed by atoms with Gasteiger partial charge in [-0.2, -0.15) is 5.21 Å². The van der Waals surface area contributed by atoms with Crippen molar-refractivity contribution in [1.82, 2.24) is 30.6 Å². The molecule has 2 aromatic carbocycles. The minimum atomic E-state index is -3.53. The number of rotatable bonds is 3. The first-order valence-corrected chi connectivity index (χ1v) is 9.39. The standard InChI is InChI=1S/C16H12N6O3S/c1-26(24,25)13-4-2-3-10(14(13)15-19-21-22-20-15)9-5-6-11-12(7-9)17-8-18-16(11)23/h2-8H,1H3,(H,17,18,23)(H,19,20,21,22). The van der Waals surface area contributed by atoms with Crippen LogP contribution in [0.4, 0.5) is 0 Å². The van der Waals surface area contributed by atoms with Gasteiger partial charge in [0.1, 0.15) is 0 Å². The van der Waals surface area contributed by atoms with Gasteiger partial charge in [-0.15, -0.1) is 10.2 Å². The van der Waals surface area contributed by atoms with Crippen LogP contribution in [0.15, 0.2) is 52.4 Å². The third-order valence-electron chi connectivity index (χ3n) is 3.95. The van der Waals surface area contributed by atoms with Crippen molar-refractivity contribution in [1.29, 1.82) is 0 Å². The molecule has 0 fully saturated rings. The van der Waals surface area contributed by atoms with Crippen LogP contribution in [0.3, 0.4) is 0 Å². The SMILES string of the molecule is CS(=O)(=O)c1cccc(-c2ccc3c(=O)[nH]cnc3c2)c1-c1nn[nH]n1. The number of aromatic nitrogens is 6. The molecule has 0 radical (unpaired) electrons.